The lowest BCUT2D eigenvalue weighted by molar-refractivity contribution is -0.116. The third-order valence-corrected chi connectivity index (χ3v) is 4.85. The average Bonchev–Trinajstić information content (AvgIpc) is 3.31. The molecular weight excluding hydrogens is 531 g/mol. The minimum atomic E-state index is -0.139. The number of hydrogen-bond donors (Lipinski definition) is 4. The fourth-order valence-electron chi connectivity index (χ4n) is 3.23. The van der Waals surface area contributed by atoms with Crippen molar-refractivity contribution in [2.24, 2.45) is 4.99 Å². The number of aliphatic imine (C=N–C) groups is 1. The number of benzene rings is 2. The van der Waals surface area contributed by atoms with Crippen molar-refractivity contribution in [2.75, 3.05) is 25.0 Å². The Hall–Kier alpha value is -2.92. The lowest BCUT2D eigenvalue weighted by Crippen LogP contribution is -2.39. The van der Waals surface area contributed by atoms with E-state index in [-0.39, 0.29) is 49.0 Å². The van der Waals surface area contributed by atoms with Crippen LogP contribution < -0.4 is 16.0 Å². The van der Waals surface area contributed by atoms with Crippen LogP contribution in [0.4, 0.5) is 5.69 Å². The van der Waals surface area contributed by atoms with Gasteiger partial charge in [-0.3, -0.25) is 9.48 Å². The van der Waals surface area contributed by atoms with E-state index in [0.29, 0.717) is 19.0 Å². The first-order chi connectivity index (χ1) is 15.7. The van der Waals surface area contributed by atoms with Crippen LogP contribution in [0.3, 0.4) is 0 Å². The van der Waals surface area contributed by atoms with Crippen LogP contribution in [0.25, 0.3) is 0 Å². The molecule has 3 aromatic rings. The number of halogens is 1. The molecule has 9 heteroatoms. The van der Waals surface area contributed by atoms with Gasteiger partial charge in [0.2, 0.25) is 5.91 Å². The normalized spacial score (nSPS) is 11.9. The zero-order valence-electron chi connectivity index (χ0n) is 18.6. The van der Waals surface area contributed by atoms with E-state index in [1.54, 1.807) is 23.1 Å². The SMILES string of the molecule is CCNC(=NCc1cccc(NC(=O)Cn2cccn2)c1)NCC(CO)c1ccccc1.I. The summed E-state index contributed by atoms with van der Waals surface area (Å²) in [5.74, 6) is 0.517. The van der Waals surface area contributed by atoms with Gasteiger partial charge in [0, 0.05) is 37.1 Å². The van der Waals surface area contributed by atoms with Crippen molar-refractivity contribution in [1.82, 2.24) is 20.4 Å². The Labute approximate surface area is 211 Å². The number of aliphatic hydroxyl groups excluding tert-OH is 1. The van der Waals surface area contributed by atoms with Crippen LogP contribution in [0.5, 0.6) is 0 Å². The summed E-state index contributed by atoms with van der Waals surface area (Å²) >= 11 is 0. The Morgan fingerprint density at radius 1 is 1.12 bits per heavy atom. The molecule has 0 aliphatic rings. The molecule has 3 rings (SSSR count). The number of rotatable bonds is 10. The minimum Gasteiger partial charge on any atom is -0.396 e. The van der Waals surface area contributed by atoms with Gasteiger partial charge < -0.3 is 21.1 Å². The minimum absolute atomic E-state index is 0. The second-order valence-electron chi connectivity index (χ2n) is 7.32. The van der Waals surface area contributed by atoms with Gasteiger partial charge in [-0.2, -0.15) is 5.10 Å². The molecule has 8 nitrogen and oxygen atoms in total. The molecule has 1 aromatic heterocycles. The summed E-state index contributed by atoms with van der Waals surface area (Å²) in [4.78, 5) is 16.8. The fourth-order valence-corrected chi connectivity index (χ4v) is 3.23. The summed E-state index contributed by atoms with van der Waals surface area (Å²) in [6.45, 7) is 3.97. The van der Waals surface area contributed by atoms with E-state index in [0.717, 1.165) is 23.4 Å². The number of nitrogens with zero attached hydrogens (tertiary/aromatic N) is 3. The molecule has 0 saturated heterocycles. The van der Waals surface area contributed by atoms with Crippen molar-refractivity contribution in [1.29, 1.82) is 0 Å². The first-order valence-electron chi connectivity index (χ1n) is 10.7. The maximum Gasteiger partial charge on any atom is 0.246 e. The summed E-state index contributed by atoms with van der Waals surface area (Å²) in [5, 5.41) is 23.3. The van der Waals surface area contributed by atoms with Gasteiger partial charge >= 0.3 is 0 Å². The van der Waals surface area contributed by atoms with E-state index in [1.165, 1.54) is 0 Å². The zero-order chi connectivity index (χ0) is 22.6. The number of aliphatic hydroxyl groups is 1. The van der Waals surface area contributed by atoms with Crippen LogP contribution in [-0.4, -0.2) is 46.5 Å². The number of hydrogen-bond acceptors (Lipinski definition) is 4. The van der Waals surface area contributed by atoms with Crippen LogP contribution in [-0.2, 0) is 17.9 Å². The van der Waals surface area contributed by atoms with Crippen LogP contribution in [0.2, 0.25) is 0 Å². The second-order valence-corrected chi connectivity index (χ2v) is 7.32. The van der Waals surface area contributed by atoms with Gasteiger partial charge in [0.15, 0.2) is 5.96 Å². The molecule has 0 spiro atoms. The monoisotopic (exact) mass is 562 g/mol. The Morgan fingerprint density at radius 2 is 1.94 bits per heavy atom. The van der Waals surface area contributed by atoms with E-state index in [9.17, 15) is 9.90 Å². The lowest BCUT2D eigenvalue weighted by Gasteiger charge is -2.18. The summed E-state index contributed by atoms with van der Waals surface area (Å²) in [7, 11) is 0. The van der Waals surface area contributed by atoms with E-state index >= 15 is 0 Å². The quantitative estimate of drug-likeness (QED) is 0.173. The Balaban J connectivity index is 0.00000385. The first-order valence-corrected chi connectivity index (χ1v) is 10.7. The third-order valence-electron chi connectivity index (χ3n) is 4.85. The van der Waals surface area contributed by atoms with Gasteiger partial charge in [-0.05, 0) is 36.2 Å². The molecule has 1 unspecified atom stereocenters. The lowest BCUT2D eigenvalue weighted by atomic mass is 10.0. The highest BCUT2D eigenvalue weighted by Crippen LogP contribution is 2.14. The van der Waals surface area contributed by atoms with Gasteiger partial charge in [0.1, 0.15) is 6.54 Å². The molecule has 1 heterocycles. The highest BCUT2D eigenvalue weighted by Gasteiger charge is 2.11. The standard InChI is InChI=1S/C24H30N6O2.HI/c1-2-25-24(27-16-21(18-31)20-9-4-3-5-10-20)26-15-19-8-6-11-22(14-19)29-23(32)17-30-13-7-12-28-30;/h3-14,21,31H,2,15-18H2,1H3,(H,29,32)(H2,25,26,27);1H. The molecular formula is C24H31IN6O2. The van der Waals surface area contributed by atoms with Crippen molar-refractivity contribution in [3.8, 4) is 0 Å². The van der Waals surface area contributed by atoms with Gasteiger partial charge in [-0.15, -0.1) is 24.0 Å². The molecule has 0 bridgehead atoms. The van der Waals surface area contributed by atoms with Crippen molar-refractivity contribution >= 4 is 41.5 Å². The third kappa shape index (κ3) is 8.85. The van der Waals surface area contributed by atoms with E-state index in [1.807, 2.05) is 61.5 Å². The van der Waals surface area contributed by atoms with Gasteiger partial charge in [0.05, 0.1) is 13.2 Å². The summed E-state index contributed by atoms with van der Waals surface area (Å²) in [6, 6.07) is 19.3. The number of anilines is 1. The summed E-state index contributed by atoms with van der Waals surface area (Å²) < 4.78 is 1.58. The molecule has 176 valence electrons. The predicted molar refractivity (Wildman–Crippen MR) is 142 cm³/mol. The molecule has 1 atom stereocenters. The number of nitrogens with one attached hydrogen (secondary N) is 3. The van der Waals surface area contributed by atoms with E-state index in [2.05, 4.69) is 26.0 Å². The summed E-state index contributed by atoms with van der Waals surface area (Å²) in [5.41, 5.74) is 2.77. The highest BCUT2D eigenvalue weighted by molar-refractivity contribution is 14.0. The van der Waals surface area contributed by atoms with Gasteiger partial charge in [0.25, 0.3) is 0 Å². The molecule has 0 aliphatic heterocycles. The Bertz CT molecular complexity index is 995. The first kappa shape index (κ1) is 26.3. The largest absolute Gasteiger partial charge is 0.396 e. The maximum atomic E-state index is 12.2. The number of amides is 1. The van der Waals surface area contributed by atoms with Crippen LogP contribution in [0, 0.1) is 0 Å². The topological polar surface area (TPSA) is 104 Å². The zero-order valence-corrected chi connectivity index (χ0v) is 21.0. The fraction of sp³-hybridized carbons (Fsp3) is 0.292. The number of carbonyl (C=O) groups excluding carboxylic acids is 1. The van der Waals surface area contributed by atoms with Crippen LogP contribution in [0.15, 0.2) is 78.0 Å². The number of guanidine groups is 1. The second kappa shape index (κ2) is 14.3. The van der Waals surface area contributed by atoms with E-state index in [4.69, 9.17) is 0 Å². The molecule has 33 heavy (non-hydrogen) atoms. The molecule has 0 saturated carbocycles. The summed E-state index contributed by atoms with van der Waals surface area (Å²) in [6.07, 6.45) is 3.39. The van der Waals surface area contributed by atoms with Gasteiger partial charge in [-0.25, -0.2) is 4.99 Å². The number of carbonyl (C=O) groups is 1. The van der Waals surface area contributed by atoms with Crippen molar-refractivity contribution in [3.05, 3.63) is 84.2 Å². The smallest absolute Gasteiger partial charge is 0.246 e. The number of aromatic nitrogens is 2. The molecule has 0 radical (unpaired) electrons. The molecule has 0 aliphatic carbocycles. The Morgan fingerprint density at radius 3 is 2.64 bits per heavy atom. The van der Waals surface area contributed by atoms with E-state index < -0.39 is 0 Å². The predicted octanol–water partition coefficient (Wildman–Crippen LogP) is 2.97. The van der Waals surface area contributed by atoms with Crippen LogP contribution >= 0.6 is 24.0 Å². The molecule has 0 fully saturated rings. The molecule has 1 amide bonds. The van der Waals surface area contributed by atoms with Crippen molar-refractivity contribution in [2.45, 2.75) is 25.9 Å². The van der Waals surface area contributed by atoms with Gasteiger partial charge in [-0.1, -0.05) is 42.5 Å². The molecule has 2 aromatic carbocycles. The van der Waals surface area contributed by atoms with Crippen molar-refractivity contribution in [3.63, 3.8) is 0 Å². The highest BCUT2D eigenvalue weighted by atomic mass is 127. The average molecular weight is 562 g/mol. The maximum absolute atomic E-state index is 12.2. The Kier molecular flexibility index (Phi) is 11.4. The van der Waals surface area contributed by atoms with Crippen molar-refractivity contribution < 1.29 is 9.90 Å². The molecule has 4 N–H and O–H groups in total. The van der Waals surface area contributed by atoms with Crippen LogP contribution in [0.1, 0.15) is 24.0 Å².